The van der Waals surface area contributed by atoms with Crippen molar-refractivity contribution in [1.29, 1.82) is 0 Å². The molecular weight excluding hydrogens is 480 g/mol. The average Bonchev–Trinajstić information content (AvgIpc) is 3.19. The zero-order valence-corrected chi connectivity index (χ0v) is 23.4. The van der Waals surface area contributed by atoms with Crippen molar-refractivity contribution in [3.05, 3.63) is 83.9 Å². The van der Waals surface area contributed by atoms with Gasteiger partial charge in [0.05, 0.1) is 12.0 Å². The first kappa shape index (κ1) is 26.5. The molecule has 1 heterocycles. The van der Waals surface area contributed by atoms with Gasteiger partial charge in [0, 0.05) is 16.2 Å². The van der Waals surface area contributed by atoms with Crippen molar-refractivity contribution in [3.63, 3.8) is 0 Å². The molecular formula is C32H34O4S. The van der Waals surface area contributed by atoms with E-state index in [-0.39, 0.29) is 11.4 Å². The largest absolute Gasteiger partial charge is 0.497 e. The van der Waals surface area contributed by atoms with Crippen LogP contribution in [-0.2, 0) is 14.9 Å². The number of thiophene rings is 1. The van der Waals surface area contributed by atoms with E-state index >= 15 is 0 Å². The van der Waals surface area contributed by atoms with Crippen molar-refractivity contribution in [3.8, 4) is 27.7 Å². The molecule has 0 saturated heterocycles. The summed E-state index contributed by atoms with van der Waals surface area (Å²) in [5, 5.41) is 1.04. The molecule has 0 spiro atoms. The van der Waals surface area contributed by atoms with Crippen LogP contribution < -0.4 is 9.47 Å². The third-order valence-electron chi connectivity index (χ3n) is 5.78. The molecule has 5 heteroatoms. The second-order valence-electron chi connectivity index (χ2n) is 11.0. The molecule has 0 amide bonds. The molecule has 192 valence electrons. The van der Waals surface area contributed by atoms with Gasteiger partial charge in [-0.1, -0.05) is 57.2 Å². The van der Waals surface area contributed by atoms with Gasteiger partial charge in [0.15, 0.2) is 5.75 Å². The van der Waals surface area contributed by atoms with Crippen LogP contribution in [0.4, 0.5) is 0 Å². The Balaban J connectivity index is 1.64. The van der Waals surface area contributed by atoms with Crippen molar-refractivity contribution in [1.82, 2.24) is 0 Å². The lowest BCUT2D eigenvalue weighted by molar-refractivity contribution is -0.148. The molecule has 4 rings (SSSR count). The Labute approximate surface area is 223 Å². The van der Waals surface area contributed by atoms with E-state index in [2.05, 4.69) is 45.0 Å². The molecule has 0 radical (unpaired) electrons. The lowest BCUT2D eigenvalue weighted by Crippen LogP contribution is -2.22. The number of esters is 1. The molecule has 0 fully saturated rings. The van der Waals surface area contributed by atoms with E-state index in [0.717, 1.165) is 43.3 Å². The molecule has 4 nitrogen and oxygen atoms in total. The van der Waals surface area contributed by atoms with Gasteiger partial charge in [-0.25, -0.2) is 4.79 Å². The average molecular weight is 515 g/mol. The van der Waals surface area contributed by atoms with Crippen LogP contribution in [0.25, 0.3) is 26.6 Å². The van der Waals surface area contributed by atoms with Crippen molar-refractivity contribution in [2.24, 2.45) is 0 Å². The maximum atomic E-state index is 12.0. The van der Waals surface area contributed by atoms with Crippen molar-refractivity contribution in [2.45, 2.75) is 52.6 Å². The fraction of sp³-hybridized carbons (Fsp3) is 0.281. The van der Waals surface area contributed by atoms with Crippen LogP contribution in [0, 0.1) is 0 Å². The second-order valence-corrected chi connectivity index (χ2v) is 12.0. The van der Waals surface area contributed by atoms with Gasteiger partial charge in [0.1, 0.15) is 17.1 Å². The van der Waals surface area contributed by atoms with Gasteiger partial charge in [0.25, 0.3) is 0 Å². The van der Waals surface area contributed by atoms with Gasteiger partial charge in [0.2, 0.25) is 0 Å². The Morgan fingerprint density at radius 1 is 0.838 bits per heavy atom. The standard InChI is InChI=1S/C32H34O4S/c1-31(2,3)23-13-11-22(12-14-23)30-29(26-18-17-25(34-7)20-27(26)37-30)35-24-15-8-21(9-16-24)10-19-28(33)36-32(4,5)6/h8-20H,1-7H3. The zero-order chi connectivity index (χ0) is 26.8. The third kappa shape index (κ3) is 6.60. The molecule has 0 aliphatic rings. The van der Waals surface area contributed by atoms with Crippen LogP contribution in [0.2, 0.25) is 0 Å². The van der Waals surface area contributed by atoms with E-state index in [1.807, 2.05) is 63.2 Å². The van der Waals surface area contributed by atoms with Gasteiger partial charge in [-0.15, -0.1) is 11.3 Å². The van der Waals surface area contributed by atoms with Gasteiger partial charge < -0.3 is 14.2 Å². The highest BCUT2D eigenvalue weighted by atomic mass is 32.1. The summed E-state index contributed by atoms with van der Waals surface area (Å²) in [5.74, 6) is 1.99. The lowest BCUT2D eigenvalue weighted by Gasteiger charge is -2.19. The van der Waals surface area contributed by atoms with Gasteiger partial charge in [-0.3, -0.25) is 0 Å². The molecule has 0 aliphatic carbocycles. The molecule has 0 saturated carbocycles. The fourth-order valence-electron chi connectivity index (χ4n) is 3.86. The molecule has 0 atom stereocenters. The summed E-state index contributed by atoms with van der Waals surface area (Å²) in [4.78, 5) is 13.1. The first-order valence-electron chi connectivity index (χ1n) is 12.3. The topological polar surface area (TPSA) is 44.8 Å². The number of fused-ring (bicyclic) bond motifs is 1. The van der Waals surface area contributed by atoms with Crippen LogP contribution >= 0.6 is 11.3 Å². The summed E-state index contributed by atoms with van der Waals surface area (Å²) in [5.41, 5.74) is 2.86. The highest BCUT2D eigenvalue weighted by molar-refractivity contribution is 7.22. The minimum atomic E-state index is -0.517. The maximum absolute atomic E-state index is 12.0. The Bertz CT molecular complexity index is 1410. The maximum Gasteiger partial charge on any atom is 0.331 e. The van der Waals surface area contributed by atoms with E-state index in [9.17, 15) is 4.79 Å². The van der Waals surface area contributed by atoms with Crippen molar-refractivity contribution in [2.75, 3.05) is 7.11 Å². The molecule has 1 aromatic heterocycles. The van der Waals surface area contributed by atoms with E-state index in [1.165, 1.54) is 11.6 Å². The van der Waals surface area contributed by atoms with Crippen LogP contribution in [0.1, 0.15) is 52.7 Å². The number of carbonyl (C=O) groups excluding carboxylic acids is 1. The van der Waals surface area contributed by atoms with Crippen molar-refractivity contribution >= 4 is 33.5 Å². The van der Waals surface area contributed by atoms with E-state index < -0.39 is 5.60 Å². The quantitative estimate of drug-likeness (QED) is 0.190. The first-order chi connectivity index (χ1) is 17.4. The molecule has 37 heavy (non-hydrogen) atoms. The SMILES string of the molecule is COc1ccc2c(Oc3ccc(C=CC(=O)OC(C)(C)C)cc3)c(-c3ccc(C(C)(C)C)cc3)sc2c1. The van der Waals surface area contributed by atoms with E-state index in [1.54, 1.807) is 24.5 Å². The number of carbonyl (C=O) groups is 1. The number of hydrogen-bond acceptors (Lipinski definition) is 5. The highest BCUT2D eigenvalue weighted by Crippen LogP contribution is 2.47. The van der Waals surface area contributed by atoms with Crippen LogP contribution in [0.5, 0.6) is 17.2 Å². The number of methoxy groups -OCH3 is 1. The van der Waals surface area contributed by atoms with E-state index in [0.29, 0.717) is 0 Å². The minimum Gasteiger partial charge on any atom is -0.497 e. The smallest absolute Gasteiger partial charge is 0.331 e. The second kappa shape index (κ2) is 10.4. The normalized spacial score (nSPS) is 12.2. The molecule has 0 N–H and O–H groups in total. The number of hydrogen-bond donors (Lipinski definition) is 0. The summed E-state index contributed by atoms with van der Waals surface area (Å²) < 4.78 is 18.4. The number of ether oxygens (including phenoxy) is 3. The summed E-state index contributed by atoms with van der Waals surface area (Å²) in [6.07, 6.45) is 3.19. The van der Waals surface area contributed by atoms with Crippen LogP contribution in [0.3, 0.4) is 0 Å². The highest BCUT2D eigenvalue weighted by Gasteiger charge is 2.19. The van der Waals surface area contributed by atoms with Gasteiger partial charge in [-0.05, 0) is 79.3 Å². The molecule has 4 aromatic rings. The Kier molecular flexibility index (Phi) is 7.47. The number of rotatable bonds is 6. The summed E-state index contributed by atoms with van der Waals surface area (Å²) in [6.45, 7) is 12.2. The Morgan fingerprint density at radius 2 is 1.49 bits per heavy atom. The number of benzene rings is 3. The Morgan fingerprint density at radius 3 is 2.08 bits per heavy atom. The predicted octanol–water partition coefficient (Wildman–Crippen LogP) is 9.02. The van der Waals surface area contributed by atoms with Gasteiger partial charge in [-0.2, -0.15) is 0 Å². The Hall–Kier alpha value is -3.57. The summed E-state index contributed by atoms with van der Waals surface area (Å²) in [6, 6.07) is 22.4. The van der Waals surface area contributed by atoms with Crippen LogP contribution in [-0.4, -0.2) is 18.7 Å². The summed E-state index contributed by atoms with van der Waals surface area (Å²) >= 11 is 1.69. The minimum absolute atomic E-state index is 0.0884. The monoisotopic (exact) mass is 514 g/mol. The zero-order valence-electron chi connectivity index (χ0n) is 22.5. The fourth-order valence-corrected chi connectivity index (χ4v) is 5.02. The third-order valence-corrected chi connectivity index (χ3v) is 6.97. The molecule has 0 bridgehead atoms. The lowest BCUT2D eigenvalue weighted by atomic mass is 9.86. The van der Waals surface area contributed by atoms with Crippen LogP contribution in [0.15, 0.2) is 72.8 Å². The molecule has 3 aromatic carbocycles. The summed E-state index contributed by atoms with van der Waals surface area (Å²) in [7, 11) is 1.68. The molecule has 0 aliphatic heterocycles. The van der Waals surface area contributed by atoms with Gasteiger partial charge >= 0.3 is 5.97 Å². The molecule has 0 unspecified atom stereocenters. The first-order valence-corrected chi connectivity index (χ1v) is 13.1. The van der Waals surface area contributed by atoms with Crippen molar-refractivity contribution < 1.29 is 19.0 Å². The van der Waals surface area contributed by atoms with E-state index in [4.69, 9.17) is 14.2 Å². The predicted molar refractivity (Wildman–Crippen MR) is 154 cm³/mol.